The molecule has 1 aromatic heterocycles. The fourth-order valence-corrected chi connectivity index (χ4v) is 2.46. The van der Waals surface area contributed by atoms with Crippen LogP contribution in [0.25, 0.3) is 0 Å². The third-order valence-electron chi connectivity index (χ3n) is 3.78. The van der Waals surface area contributed by atoms with Crippen molar-refractivity contribution in [1.82, 2.24) is 9.78 Å². The zero-order valence-electron chi connectivity index (χ0n) is 13.4. The lowest BCUT2D eigenvalue weighted by Crippen LogP contribution is -2.24. The molecular weight excluding hydrogens is 310 g/mol. The van der Waals surface area contributed by atoms with Crippen molar-refractivity contribution < 1.29 is 14.3 Å². The number of amides is 1. The number of carbonyl (C=O) groups is 1. The normalized spacial score (nSPS) is 16.8. The second-order valence-electron chi connectivity index (χ2n) is 5.58. The van der Waals surface area contributed by atoms with E-state index in [2.05, 4.69) is 10.4 Å². The van der Waals surface area contributed by atoms with Crippen molar-refractivity contribution in [3.05, 3.63) is 52.4 Å². The zero-order chi connectivity index (χ0) is 16.9. The number of nitrogens with one attached hydrogen (secondary N) is 1. The van der Waals surface area contributed by atoms with Crippen molar-refractivity contribution in [2.24, 2.45) is 7.05 Å². The quantitative estimate of drug-likeness (QED) is 0.901. The van der Waals surface area contributed by atoms with Gasteiger partial charge in [-0.15, -0.1) is 0 Å². The highest BCUT2D eigenvalue weighted by atomic mass is 16.5. The molecule has 1 unspecified atom stereocenters. The molecule has 1 atom stereocenters. The van der Waals surface area contributed by atoms with Crippen molar-refractivity contribution in [2.75, 3.05) is 18.5 Å². The number of rotatable bonds is 5. The smallest absolute Gasteiger partial charge is 0.276 e. The Bertz CT molecular complexity index is 781. The van der Waals surface area contributed by atoms with E-state index in [1.807, 2.05) is 12.1 Å². The fraction of sp³-hybridized carbons (Fsp3) is 0.353. The van der Waals surface area contributed by atoms with Gasteiger partial charge in [0.25, 0.3) is 11.5 Å². The summed E-state index contributed by atoms with van der Waals surface area (Å²) in [6, 6.07) is 9.90. The van der Waals surface area contributed by atoms with Crippen LogP contribution in [0.3, 0.4) is 0 Å². The summed E-state index contributed by atoms with van der Waals surface area (Å²) in [5.41, 5.74) is 0.439. The molecule has 3 rings (SSSR count). The van der Waals surface area contributed by atoms with Crippen LogP contribution in [0, 0.1) is 0 Å². The van der Waals surface area contributed by atoms with Crippen LogP contribution in [0.2, 0.25) is 0 Å². The van der Waals surface area contributed by atoms with Crippen molar-refractivity contribution in [3.8, 4) is 5.75 Å². The van der Waals surface area contributed by atoms with Crippen molar-refractivity contribution in [3.63, 3.8) is 0 Å². The summed E-state index contributed by atoms with van der Waals surface area (Å²) >= 11 is 0. The van der Waals surface area contributed by atoms with E-state index in [0.717, 1.165) is 24.1 Å². The van der Waals surface area contributed by atoms with Gasteiger partial charge in [-0.2, -0.15) is 5.10 Å². The number of aryl methyl sites for hydroxylation is 1. The summed E-state index contributed by atoms with van der Waals surface area (Å²) in [6.45, 7) is 1.22. The number of hydrogen-bond acceptors (Lipinski definition) is 5. The van der Waals surface area contributed by atoms with Gasteiger partial charge in [-0.3, -0.25) is 9.59 Å². The minimum Gasteiger partial charge on any atom is -0.489 e. The monoisotopic (exact) mass is 329 g/mol. The summed E-state index contributed by atoms with van der Waals surface area (Å²) in [6.07, 6.45) is 2.13. The summed E-state index contributed by atoms with van der Waals surface area (Å²) < 4.78 is 12.4. The Morgan fingerprint density at radius 2 is 2.21 bits per heavy atom. The zero-order valence-corrected chi connectivity index (χ0v) is 13.4. The molecule has 1 saturated heterocycles. The van der Waals surface area contributed by atoms with Gasteiger partial charge in [0, 0.05) is 19.7 Å². The average molecular weight is 329 g/mol. The highest BCUT2D eigenvalue weighted by molar-refractivity contribution is 6.03. The first-order valence-electron chi connectivity index (χ1n) is 7.82. The Labute approximate surface area is 139 Å². The van der Waals surface area contributed by atoms with E-state index < -0.39 is 5.91 Å². The predicted octanol–water partition coefficient (Wildman–Crippen LogP) is 1.59. The molecule has 1 aliphatic rings. The lowest BCUT2D eigenvalue weighted by atomic mass is 10.2. The molecule has 0 radical (unpaired) electrons. The summed E-state index contributed by atoms with van der Waals surface area (Å²) in [7, 11) is 1.50. The molecule has 2 heterocycles. The molecule has 0 aliphatic carbocycles. The van der Waals surface area contributed by atoms with Crippen LogP contribution in [0.4, 0.5) is 5.69 Å². The molecule has 126 valence electrons. The lowest BCUT2D eigenvalue weighted by Gasteiger charge is -2.15. The van der Waals surface area contributed by atoms with E-state index in [-0.39, 0.29) is 17.4 Å². The Kier molecular flexibility index (Phi) is 4.90. The number of anilines is 1. The molecule has 1 amide bonds. The van der Waals surface area contributed by atoms with Gasteiger partial charge in [-0.1, -0.05) is 12.1 Å². The standard InChI is InChI=1S/C17H19N3O4/c1-20-16(21)9-8-14(19-20)17(22)18-13-6-2-3-7-15(13)24-11-12-5-4-10-23-12/h2-3,6-9,12H,4-5,10-11H2,1H3,(H,18,22). The Morgan fingerprint density at radius 3 is 2.96 bits per heavy atom. The van der Waals surface area contributed by atoms with E-state index in [1.54, 1.807) is 12.1 Å². The first kappa shape index (κ1) is 16.2. The van der Waals surface area contributed by atoms with Gasteiger partial charge in [0.05, 0.1) is 11.8 Å². The molecule has 0 spiro atoms. The Balaban J connectivity index is 1.70. The maximum Gasteiger partial charge on any atom is 0.276 e. The van der Waals surface area contributed by atoms with E-state index in [0.29, 0.717) is 18.0 Å². The first-order valence-corrected chi connectivity index (χ1v) is 7.82. The molecule has 1 aliphatic heterocycles. The molecule has 1 N–H and O–H groups in total. The topological polar surface area (TPSA) is 82.5 Å². The van der Waals surface area contributed by atoms with E-state index >= 15 is 0 Å². The second kappa shape index (κ2) is 7.27. The van der Waals surface area contributed by atoms with Gasteiger partial charge >= 0.3 is 0 Å². The molecule has 0 saturated carbocycles. The maximum atomic E-state index is 12.3. The fourth-order valence-electron chi connectivity index (χ4n) is 2.46. The van der Waals surface area contributed by atoms with Gasteiger partial charge in [-0.05, 0) is 31.0 Å². The summed E-state index contributed by atoms with van der Waals surface area (Å²) in [5.74, 6) is 0.171. The summed E-state index contributed by atoms with van der Waals surface area (Å²) in [4.78, 5) is 23.7. The highest BCUT2D eigenvalue weighted by Crippen LogP contribution is 2.25. The number of benzene rings is 1. The van der Waals surface area contributed by atoms with Crippen LogP contribution in [-0.2, 0) is 11.8 Å². The highest BCUT2D eigenvalue weighted by Gasteiger charge is 2.17. The van der Waals surface area contributed by atoms with Crippen molar-refractivity contribution >= 4 is 11.6 Å². The molecular formula is C17H19N3O4. The van der Waals surface area contributed by atoms with E-state index in [9.17, 15) is 9.59 Å². The molecule has 7 heteroatoms. The second-order valence-corrected chi connectivity index (χ2v) is 5.58. The van der Waals surface area contributed by atoms with Crippen LogP contribution in [0.1, 0.15) is 23.3 Å². The minimum atomic E-state index is -0.404. The summed E-state index contributed by atoms with van der Waals surface area (Å²) in [5, 5.41) is 6.71. The Morgan fingerprint density at radius 1 is 1.38 bits per heavy atom. The van der Waals surface area contributed by atoms with Crippen LogP contribution >= 0.6 is 0 Å². The largest absolute Gasteiger partial charge is 0.489 e. The molecule has 7 nitrogen and oxygen atoms in total. The lowest BCUT2D eigenvalue weighted by molar-refractivity contribution is 0.0682. The third-order valence-corrected chi connectivity index (χ3v) is 3.78. The number of hydrogen-bond donors (Lipinski definition) is 1. The van der Waals surface area contributed by atoms with Gasteiger partial charge in [0.15, 0.2) is 0 Å². The minimum absolute atomic E-state index is 0.0964. The maximum absolute atomic E-state index is 12.3. The number of ether oxygens (including phenoxy) is 2. The number of carbonyl (C=O) groups excluding carboxylic acids is 1. The van der Waals surface area contributed by atoms with Crippen molar-refractivity contribution in [1.29, 1.82) is 0 Å². The predicted molar refractivity (Wildman–Crippen MR) is 88.3 cm³/mol. The van der Waals surface area contributed by atoms with Crippen LogP contribution < -0.4 is 15.6 Å². The molecule has 2 aromatic rings. The molecule has 1 aromatic carbocycles. The third kappa shape index (κ3) is 3.80. The SMILES string of the molecule is Cn1nc(C(=O)Nc2ccccc2OCC2CCCO2)ccc1=O. The molecule has 0 bridgehead atoms. The van der Waals surface area contributed by atoms with E-state index in [1.165, 1.54) is 19.2 Å². The number of aromatic nitrogens is 2. The van der Waals surface area contributed by atoms with Crippen LogP contribution in [-0.4, -0.2) is 35.0 Å². The van der Waals surface area contributed by atoms with Crippen molar-refractivity contribution in [2.45, 2.75) is 18.9 Å². The Hall–Kier alpha value is -2.67. The van der Waals surface area contributed by atoms with Crippen LogP contribution in [0.15, 0.2) is 41.2 Å². The van der Waals surface area contributed by atoms with Gasteiger partial charge in [0.2, 0.25) is 0 Å². The average Bonchev–Trinajstić information content (AvgIpc) is 3.10. The van der Waals surface area contributed by atoms with Gasteiger partial charge in [-0.25, -0.2) is 4.68 Å². The first-order chi connectivity index (χ1) is 11.6. The van der Waals surface area contributed by atoms with Crippen LogP contribution in [0.5, 0.6) is 5.75 Å². The van der Waals surface area contributed by atoms with Gasteiger partial charge in [0.1, 0.15) is 18.1 Å². The number of nitrogens with zero attached hydrogens (tertiary/aromatic N) is 2. The van der Waals surface area contributed by atoms with Gasteiger partial charge < -0.3 is 14.8 Å². The van der Waals surface area contributed by atoms with E-state index in [4.69, 9.17) is 9.47 Å². The molecule has 1 fully saturated rings. The molecule has 24 heavy (non-hydrogen) atoms. The number of para-hydroxylation sites is 2.